The largest absolute Gasteiger partial charge is 0.338 e. The van der Waals surface area contributed by atoms with Gasteiger partial charge in [0.05, 0.1) is 22.9 Å². The van der Waals surface area contributed by atoms with E-state index in [-0.39, 0.29) is 23.4 Å². The average Bonchev–Trinajstić information content (AvgIpc) is 3.43. The highest BCUT2D eigenvalue weighted by molar-refractivity contribution is 6.35. The van der Waals surface area contributed by atoms with Crippen LogP contribution in [0.3, 0.4) is 0 Å². The smallest absolute Gasteiger partial charge is 0.266 e. The normalized spacial score (nSPS) is 16.6. The highest BCUT2D eigenvalue weighted by Gasteiger charge is 2.38. The predicted octanol–water partition coefficient (Wildman–Crippen LogP) is 3.17. The van der Waals surface area contributed by atoms with E-state index < -0.39 is 5.91 Å². The maximum absolute atomic E-state index is 13.2. The van der Waals surface area contributed by atoms with Gasteiger partial charge in [0.2, 0.25) is 0 Å². The third-order valence-electron chi connectivity index (χ3n) is 6.30. The molecule has 162 valence electrons. The third kappa shape index (κ3) is 3.28. The molecule has 0 spiro atoms. The van der Waals surface area contributed by atoms with Gasteiger partial charge in [0.25, 0.3) is 17.7 Å². The van der Waals surface area contributed by atoms with Crippen molar-refractivity contribution < 1.29 is 14.4 Å². The fraction of sp³-hybridized carbons (Fsp3) is 0.292. The lowest BCUT2D eigenvalue weighted by Gasteiger charge is -2.32. The van der Waals surface area contributed by atoms with E-state index in [1.54, 1.807) is 29.4 Å². The quantitative estimate of drug-likeness (QED) is 0.597. The first-order valence-corrected chi connectivity index (χ1v) is 10.7. The van der Waals surface area contributed by atoms with Crippen molar-refractivity contribution in [2.75, 3.05) is 18.0 Å². The number of nitrogens with zero attached hydrogens (tertiary/aromatic N) is 5. The molecule has 0 N–H and O–H groups in total. The van der Waals surface area contributed by atoms with Gasteiger partial charge in [-0.25, -0.2) is 14.6 Å². The van der Waals surface area contributed by atoms with Gasteiger partial charge in [-0.1, -0.05) is 12.1 Å². The predicted molar refractivity (Wildman–Crippen MR) is 118 cm³/mol. The molecule has 32 heavy (non-hydrogen) atoms. The Balaban J connectivity index is 1.37. The highest BCUT2D eigenvalue weighted by atomic mass is 16.2. The van der Waals surface area contributed by atoms with Crippen LogP contribution in [0.5, 0.6) is 0 Å². The van der Waals surface area contributed by atoms with Gasteiger partial charge in [0.1, 0.15) is 12.7 Å². The maximum atomic E-state index is 13.2. The summed E-state index contributed by atoms with van der Waals surface area (Å²) >= 11 is 0. The van der Waals surface area contributed by atoms with Gasteiger partial charge in [0, 0.05) is 18.7 Å². The van der Waals surface area contributed by atoms with Crippen LogP contribution in [0.4, 0.5) is 5.69 Å². The van der Waals surface area contributed by atoms with Gasteiger partial charge >= 0.3 is 0 Å². The number of rotatable bonds is 3. The number of imide groups is 1. The van der Waals surface area contributed by atoms with E-state index >= 15 is 0 Å². The molecule has 0 bridgehead atoms. The zero-order valence-corrected chi connectivity index (χ0v) is 18.0. The first kappa shape index (κ1) is 20.1. The Kier molecular flexibility index (Phi) is 4.84. The monoisotopic (exact) mass is 429 g/mol. The number of amides is 3. The lowest BCUT2D eigenvalue weighted by molar-refractivity contribution is 0.0689. The van der Waals surface area contributed by atoms with Gasteiger partial charge < -0.3 is 4.90 Å². The first-order chi connectivity index (χ1) is 15.4. The van der Waals surface area contributed by atoms with Gasteiger partial charge in [-0.3, -0.25) is 14.4 Å². The summed E-state index contributed by atoms with van der Waals surface area (Å²) in [4.78, 5) is 46.3. The van der Waals surface area contributed by atoms with Crippen LogP contribution in [0, 0.1) is 13.8 Å². The van der Waals surface area contributed by atoms with Crippen molar-refractivity contribution in [1.29, 1.82) is 0 Å². The third-order valence-corrected chi connectivity index (χ3v) is 6.30. The molecule has 1 fully saturated rings. The Morgan fingerprint density at radius 2 is 1.72 bits per heavy atom. The molecule has 5 rings (SSSR count). The van der Waals surface area contributed by atoms with Crippen LogP contribution in [0.15, 0.2) is 49.1 Å². The zero-order chi connectivity index (χ0) is 22.4. The van der Waals surface area contributed by atoms with Crippen molar-refractivity contribution in [3.8, 4) is 0 Å². The zero-order valence-electron chi connectivity index (χ0n) is 18.0. The van der Waals surface area contributed by atoms with Gasteiger partial charge in [-0.15, -0.1) is 0 Å². The first-order valence-electron chi connectivity index (χ1n) is 10.7. The Bertz CT molecular complexity index is 1230. The van der Waals surface area contributed by atoms with Crippen molar-refractivity contribution in [3.05, 3.63) is 76.9 Å². The average molecular weight is 429 g/mol. The van der Waals surface area contributed by atoms with Crippen LogP contribution in [-0.4, -0.2) is 50.5 Å². The molecule has 1 saturated heterocycles. The maximum Gasteiger partial charge on any atom is 0.266 e. The fourth-order valence-electron chi connectivity index (χ4n) is 4.47. The molecule has 2 aliphatic rings. The summed E-state index contributed by atoms with van der Waals surface area (Å²) in [6.45, 7) is 4.99. The van der Waals surface area contributed by atoms with Gasteiger partial charge in [-0.05, 0) is 62.1 Å². The molecule has 0 radical (unpaired) electrons. The van der Waals surface area contributed by atoms with E-state index in [0.717, 1.165) is 24.0 Å². The number of aryl methyl sites for hydroxylation is 2. The van der Waals surface area contributed by atoms with Crippen LogP contribution in [-0.2, 0) is 0 Å². The number of anilines is 1. The Labute approximate surface area is 185 Å². The molecular formula is C24H23N5O3. The number of hydrogen-bond acceptors (Lipinski definition) is 5. The Hall–Kier alpha value is -3.81. The molecule has 2 aliphatic heterocycles. The molecule has 3 amide bonds. The lowest BCUT2D eigenvalue weighted by Crippen LogP contribution is -2.39. The summed E-state index contributed by atoms with van der Waals surface area (Å²) in [5.41, 5.74) is 3.42. The van der Waals surface area contributed by atoms with Crippen molar-refractivity contribution in [3.63, 3.8) is 0 Å². The number of likely N-dealkylation sites (tertiary alicyclic amines) is 1. The molecule has 3 heterocycles. The van der Waals surface area contributed by atoms with Crippen LogP contribution in [0.1, 0.15) is 61.1 Å². The molecule has 0 atom stereocenters. The van der Waals surface area contributed by atoms with Gasteiger partial charge in [0.15, 0.2) is 0 Å². The second-order valence-electron chi connectivity index (χ2n) is 8.39. The molecule has 0 saturated carbocycles. The fourth-order valence-corrected chi connectivity index (χ4v) is 4.47. The van der Waals surface area contributed by atoms with Crippen LogP contribution >= 0.6 is 0 Å². The number of hydrogen-bond donors (Lipinski definition) is 0. The standard InChI is InChI=1S/C24H23N5O3/c1-15-3-4-16(2)21(11-15)29-23(31)19-6-5-17(12-20(19)24(29)32)22(30)27-9-7-18(8-10-27)28-14-25-13-26-28/h3-6,11-14,18H,7-10H2,1-2H3. The summed E-state index contributed by atoms with van der Waals surface area (Å²) in [6, 6.07) is 10.7. The van der Waals surface area contributed by atoms with Crippen molar-refractivity contribution >= 4 is 23.4 Å². The van der Waals surface area contributed by atoms with E-state index in [9.17, 15) is 14.4 Å². The van der Waals surface area contributed by atoms with E-state index in [1.165, 1.54) is 11.2 Å². The lowest BCUT2D eigenvalue weighted by atomic mass is 10.0. The molecule has 2 aromatic carbocycles. The van der Waals surface area contributed by atoms with E-state index in [0.29, 0.717) is 29.9 Å². The molecule has 8 heteroatoms. The number of carbonyl (C=O) groups is 3. The van der Waals surface area contributed by atoms with Gasteiger partial charge in [-0.2, -0.15) is 5.10 Å². The van der Waals surface area contributed by atoms with Crippen LogP contribution in [0.2, 0.25) is 0 Å². The molecule has 1 aromatic heterocycles. The minimum Gasteiger partial charge on any atom is -0.338 e. The summed E-state index contributed by atoms with van der Waals surface area (Å²) in [5, 5.41) is 4.19. The SMILES string of the molecule is Cc1ccc(C)c(N2C(=O)c3ccc(C(=O)N4CCC(n5cncn5)CC4)cc3C2=O)c1. The number of carbonyl (C=O) groups excluding carboxylic acids is 3. The molecule has 0 aliphatic carbocycles. The topological polar surface area (TPSA) is 88.4 Å². The van der Waals surface area contributed by atoms with Crippen molar-refractivity contribution in [2.24, 2.45) is 0 Å². The van der Waals surface area contributed by atoms with E-state index in [4.69, 9.17) is 0 Å². The van der Waals surface area contributed by atoms with Crippen LogP contribution < -0.4 is 4.90 Å². The summed E-state index contributed by atoms with van der Waals surface area (Å²) in [5.74, 6) is -0.875. The molecule has 8 nitrogen and oxygen atoms in total. The van der Waals surface area contributed by atoms with Crippen LogP contribution in [0.25, 0.3) is 0 Å². The minimum atomic E-state index is -0.391. The van der Waals surface area contributed by atoms with E-state index in [2.05, 4.69) is 10.1 Å². The summed E-state index contributed by atoms with van der Waals surface area (Å²) < 4.78 is 1.84. The second kappa shape index (κ2) is 7.71. The number of benzene rings is 2. The summed E-state index contributed by atoms with van der Waals surface area (Å²) in [6.07, 6.45) is 4.80. The van der Waals surface area contributed by atoms with Crippen molar-refractivity contribution in [2.45, 2.75) is 32.7 Å². The van der Waals surface area contributed by atoms with Crippen molar-refractivity contribution in [1.82, 2.24) is 19.7 Å². The Morgan fingerprint density at radius 3 is 2.44 bits per heavy atom. The number of fused-ring (bicyclic) bond motifs is 1. The minimum absolute atomic E-state index is 0.129. The second-order valence-corrected chi connectivity index (χ2v) is 8.39. The summed E-state index contributed by atoms with van der Waals surface area (Å²) in [7, 11) is 0. The Morgan fingerprint density at radius 1 is 0.969 bits per heavy atom. The highest BCUT2D eigenvalue weighted by Crippen LogP contribution is 2.32. The number of piperidine rings is 1. The number of aromatic nitrogens is 3. The molecule has 0 unspecified atom stereocenters. The van der Waals surface area contributed by atoms with E-state index in [1.807, 2.05) is 36.7 Å². The molecule has 3 aromatic rings. The molecular weight excluding hydrogens is 406 g/mol.